The second kappa shape index (κ2) is 7.23. The molecular weight excluding hydrogens is 391 g/mol. The van der Waals surface area contributed by atoms with Crippen LogP contribution in [0, 0.1) is 5.82 Å². The minimum absolute atomic E-state index is 0.0920. The molecule has 0 saturated heterocycles. The zero-order valence-corrected chi connectivity index (χ0v) is 15.3. The van der Waals surface area contributed by atoms with Crippen LogP contribution in [0.15, 0.2) is 59.2 Å². The van der Waals surface area contributed by atoms with Crippen LogP contribution in [0.3, 0.4) is 0 Å². The number of hydrogen-bond acceptors (Lipinski definition) is 3. The van der Waals surface area contributed by atoms with Gasteiger partial charge in [-0.1, -0.05) is 12.1 Å². The van der Waals surface area contributed by atoms with Crippen LogP contribution in [0.5, 0.6) is 0 Å². The summed E-state index contributed by atoms with van der Waals surface area (Å²) in [5.74, 6) is 0.248. The number of carbonyl (C=O) groups excluding carboxylic acids is 1. The molecule has 0 unspecified atom stereocenters. The number of carbonyl (C=O) groups is 1. The van der Waals surface area contributed by atoms with Gasteiger partial charge in [0.1, 0.15) is 11.6 Å². The molecule has 24 heavy (non-hydrogen) atoms. The number of rotatable bonds is 4. The number of aromatic nitrogens is 1. The van der Waals surface area contributed by atoms with Gasteiger partial charge in [0.05, 0.1) is 4.88 Å². The van der Waals surface area contributed by atoms with E-state index in [1.165, 1.54) is 23.5 Å². The van der Waals surface area contributed by atoms with Crippen molar-refractivity contribution in [3.63, 3.8) is 0 Å². The third kappa shape index (κ3) is 3.55. The van der Waals surface area contributed by atoms with Gasteiger partial charge in [-0.25, -0.2) is 9.37 Å². The Morgan fingerprint density at radius 1 is 1.17 bits per heavy atom. The molecule has 1 amide bonds. The molecule has 0 bridgehead atoms. The SMILES string of the molecule is CCN(C(=O)c1ccc(-c2ccc(F)cc2)s1)c1ccc(Br)cn1. The van der Waals surface area contributed by atoms with Crippen molar-refractivity contribution < 1.29 is 9.18 Å². The smallest absolute Gasteiger partial charge is 0.269 e. The first kappa shape index (κ1) is 16.8. The Bertz CT molecular complexity index is 846. The van der Waals surface area contributed by atoms with E-state index in [0.717, 1.165) is 14.9 Å². The molecule has 0 saturated carbocycles. The highest BCUT2D eigenvalue weighted by molar-refractivity contribution is 9.10. The second-order valence-electron chi connectivity index (χ2n) is 5.05. The summed E-state index contributed by atoms with van der Waals surface area (Å²) in [4.78, 5) is 20.3. The molecular formula is C18H14BrFN2OS. The van der Waals surface area contributed by atoms with Crippen LogP contribution < -0.4 is 4.90 Å². The Morgan fingerprint density at radius 3 is 2.54 bits per heavy atom. The Balaban J connectivity index is 1.86. The van der Waals surface area contributed by atoms with E-state index in [2.05, 4.69) is 20.9 Å². The molecule has 0 aliphatic carbocycles. The van der Waals surface area contributed by atoms with Gasteiger partial charge < -0.3 is 0 Å². The number of anilines is 1. The fourth-order valence-electron chi connectivity index (χ4n) is 2.29. The molecule has 3 aromatic rings. The van der Waals surface area contributed by atoms with E-state index < -0.39 is 0 Å². The normalized spacial score (nSPS) is 10.6. The zero-order chi connectivity index (χ0) is 17.1. The first-order valence-electron chi connectivity index (χ1n) is 7.37. The largest absolute Gasteiger partial charge is 0.292 e. The van der Waals surface area contributed by atoms with Gasteiger partial charge in [0.2, 0.25) is 0 Å². The van der Waals surface area contributed by atoms with Crippen LogP contribution in [0.1, 0.15) is 16.6 Å². The summed E-state index contributed by atoms with van der Waals surface area (Å²) in [5.41, 5.74) is 0.894. The predicted octanol–water partition coefficient (Wildman–Crippen LogP) is 5.38. The summed E-state index contributed by atoms with van der Waals surface area (Å²) < 4.78 is 13.9. The van der Waals surface area contributed by atoms with Gasteiger partial charge in [0.15, 0.2) is 0 Å². The third-order valence-electron chi connectivity index (χ3n) is 3.50. The van der Waals surface area contributed by atoms with Crippen molar-refractivity contribution in [1.82, 2.24) is 4.98 Å². The number of nitrogens with zero attached hydrogens (tertiary/aromatic N) is 2. The van der Waals surface area contributed by atoms with Gasteiger partial charge >= 0.3 is 0 Å². The number of amides is 1. The fraction of sp³-hybridized carbons (Fsp3) is 0.111. The lowest BCUT2D eigenvalue weighted by molar-refractivity contribution is 0.0991. The molecule has 1 aromatic carbocycles. The number of hydrogen-bond donors (Lipinski definition) is 0. The maximum atomic E-state index is 13.0. The fourth-order valence-corrected chi connectivity index (χ4v) is 3.49. The van der Waals surface area contributed by atoms with Crippen molar-refractivity contribution in [3.8, 4) is 10.4 Å². The molecule has 6 heteroatoms. The predicted molar refractivity (Wildman–Crippen MR) is 99.0 cm³/mol. The molecule has 0 spiro atoms. The molecule has 0 aliphatic rings. The summed E-state index contributed by atoms with van der Waals surface area (Å²) in [5, 5.41) is 0. The lowest BCUT2D eigenvalue weighted by atomic mass is 10.2. The van der Waals surface area contributed by atoms with Crippen molar-refractivity contribution in [3.05, 3.63) is 69.9 Å². The number of thiophene rings is 1. The Labute approximate surface area is 151 Å². The maximum Gasteiger partial charge on any atom is 0.269 e. The van der Waals surface area contributed by atoms with Gasteiger partial charge in [0.25, 0.3) is 5.91 Å². The van der Waals surface area contributed by atoms with E-state index in [-0.39, 0.29) is 11.7 Å². The van der Waals surface area contributed by atoms with Crippen molar-refractivity contribution in [1.29, 1.82) is 0 Å². The van der Waals surface area contributed by atoms with Crippen molar-refractivity contribution in [2.75, 3.05) is 11.4 Å². The van der Waals surface area contributed by atoms with Crippen LogP contribution in [0.25, 0.3) is 10.4 Å². The average molecular weight is 405 g/mol. The van der Waals surface area contributed by atoms with Crippen LogP contribution in [-0.4, -0.2) is 17.4 Å². The van der Waals surface area contributed by atoms with E-state index in [1.54, 1.807) is 35.4 Å². The zero-order valence-electron chi connectivity index (χ0n) is 12.9. The van der Waals surface area contributed by atoms with Crippen molar-refractivity contribution in [2.24, 2.45) is 0 Å². The van der Waals surface area contributed by atoms with Crippen LogP contribution >= 0.6 is 27.3 Å². The Hall–Kier alpha value is -2.05. The number of pyridine rings is 1. The van der Waals surface area contributed by atoms with Gasteiger partial charge in [-0.3, -0.25) is 9.69 Å². The maximum absolute atomic E-state index is 13.0. The first-order chi connectivity index (χ1) is 11.6. The summed E-state index contributed by atoms with van der Waals surface area (Å²) in [6, 6.07) is 13.6. The molecule has 0 N–H and O–H groups in total. The minimum Gasteiger partial charge on any atom is -0.292 e. The summed E-state index contributed by atoms with van der Waals surface area (Å²) in [6.07, 6.45) is 1.67. The van der Waals surface area contributed by atoms with Crippen molar-refractivity contribution >= 4 is 39.0 Å². The number of benzene rings is 1. The molecule has 2 heterocycles. The molecule has 0 atom stereocenters. The molecule has 122 valence electrons. The van der Waals surface area contributed by atoms with E-state index in [0.29, 0.717) is 17.2 Å². The molecule has 0 radical (unpaired) electrons. The number of halogens is 2. The standard InChI is InChI=1S/C18H14BrFN2OS/c1-2-22(17-10-5-13(19)11-21-17)18(23)16-9-8-15(24-16)12-3-6-14(20)7-4-12/h3-11H,2H2,1H3. The average Bonchev–Trinajstić information content (AvgIpc) is 3.08. The highest BCUT2D eigenvalue weighted by Crippen LogP contribution is 2.29. The third-order valence-corrected chi connectivity index (χ3v) is 5.09. The van der Waals surface area contributed by atoms with Gasteiger partial charge in [-0.15, -0.1) is 11.3 Å². The lowest BCUT2D eigenvalue weighted by Gasteiger charge is -2.19. The summed E-state index contributed by atoms with van der Waals surface area (Å²) >= 11 is 4.73. The van der Waals surface area contributed by atoms with E-state index >= 15 is 0 Å². The van der Waals surface area contributed by atoms with Gasteiger partial charge in [-0.05, 0) is 64.8 Å². The van der Waals surface area contributed by atoms with Gasteiger partial charge in [-0.2, -0.15) is 0 Å². The van der Waals surface area contributed by atoms with Crippen molar-refractivity contribution in [2.45, 2.75) is 6.92 Å². The summed E-state index contributed by atoms with van der Waals surface area (Å²) in [6.45, 7) is 2.44. The van der Waals surface area contributed by atoms with E-state index in [4.69, 9.17) is 0 Å². The lowest BCUT2D eigenvalue weighted by Crippen LogP contribution is -2.30. The summed E-state index contributed by atoms with van der Waals surface area (Å²) in [7, 11) is 0. The Kier molecular flexibility index (Phi) is 5.06. The van der Waals surface area contributed by atoms with E-state index in [1.807, 2.05) is 19.1 Å². The Morgan fingerprint density at radius 2 is 1.92 bits per heavy atom. The monoisotopic (exact) mass is 404 g/mol. The van der Waals surface area contributed by atoms with E-state index in [9.17, 15) is 9.18 Å². The topological polar surface area (TPSA) is 33.2 Å². The second-order valence-corrected chi connectivity index (χ2v) is 7.05. The van der Waals surface area contributed by atoms with Crippen LogP contribution in [-0.2, 0) is 0 Å². The highest BCUT2D eigenvalue weighted by atomic mass is 79.9. The molecule has 2 aromatic heterocycles. The molecule has 3 nitrogen and oxygen atoms in total. The van der Waals surface area contributed by atoms with Gasteiger partial charge in [0, 0.05) is 22.1 Å². The molecule has 0 aliphatic heterocycles. The first-order valence-corrected chi connectivity index (χ1v) is 8.98. The minimum atomic E-state index is -0.273. The highest BCUT2D eigenvalue weighted by Gasteiger charge is 2.19. The molecule has 0 fully saturated rings. The molecule has 3 rings (SSSR count). The quantitative estimate of drug-likeness (QED) is 0.584. The van der Waals surface area contributed by atoms with Crippen LogP contribution in [0.4, 0.5) is 10.2 Å². The van der Waals surface area contributed by atoms with Crippen LogP contribution in [0.2, 0.25) is 0 Å².